The quantitative estimate of drug-likeness (QED) is 0.486. The first-order valence-electron chi connectivity index (χ1n) is 9.77. The predicted molar refractivity (Wildman–Crippen MR) is 115 cm³/mol. The van der Waals surface area contributed by atoms with Crippen molar-refractivity contribution in [1.82, 2.24) is 9.97 Å². The molecule has 0 radical (unpaired) electrons. The van der Waals surface area contributed by atoms with Gasteiger partial charge in [-0.15, -0.1) is 11.3 Å². The van der Waals surface area contributed by atoms with Gasteiger partial charge in [-0.05, 0) is 49.6 Å². The van der Waals surface area contributed by atoms with Gasteiger partial charge in [0.2, 0.25) is 5.95 Å². The normalized spacial score (nSPS) is 19.2. The lowest BCUT2D eigenvalue weighted by molar-refractivity contribution is 0.229. The number of rotatable bonds is 7. The first-order valence-corrected chi connectivity index (χ1v) is 10.6. The van der Waals surface area contributed by atoms with Crippen LogP contribution in [0.3, 0.4) is 0 Å². The Morgan fingerprint density at radius 3 is 2.79 bits per heavy atom. The Bertz CT molecular complexity index is 926. The molecule has 4 rings (SSSR count). The third kappa shape index (κ3) is 3.97. The highest BCUT2D eigenvalue weighted by molar-refractivity contribution is 7.22. The third-order valence-corrected chi connectivity index (χ3v) is 6.43. The molecule has 7 heteroatoms. The van der Waals surface area contributed by atoms with Crippen LogP contribution in [0, 0.1) is 12.8 Å². The fraction of sp³-hybridized carbons (Fsp3) is 0.429. The Morgan fingerprint density at radius 2 is 2.04 bits per heavy atom. The van der Waals surface area contributed by atoms with Crippen molar-refractivity contribution in [2.45, 2.75) is 32.2 Å². The van der Waals surface area contributed by atoms with Gasteiger partial charge >= 0.3 is 0 Å². The maximum absolute atomic E-state index is 9.46. The number of aryl methyl sites for hydroxylation is 1. The van der Waals surface area contributed by atoms with E-state index in [1.54, 1.807) is 11.3 Å². The summed E-state index contributed by atoms with van der Waals surface area (Å²) in [5, 5.41) is 26.5. The summed E-state index contributed by atoms with van der Waals surface area (Å²) < 4.78 is 1.24. The summed E-state index contributed by atoms with van der Waals surface area (Å²) >= 11 is 1.74. The van der Waals surface area contributed by atoms with E-state index in [9.17, 15) is 5.11 Å². The summed E-state index contributed by atoms with van der Waals surface area (Å²) in [5.41, 5.74) is 1.93. The number of aliphatic hydroxyl groups is 2. The fourth-order valence-corrected chi connectivity index (χ4v) is 5.05. The van der Waals surface area contributed by atoms with Crippen LogP contribution in [0.25, 0.3) is 20.5 Å². The van der Waals surface area contributed by atoms with Gasteiger partial charge in [0.15, 0.2) is 0 Å². The second kappa shape index (κ2) is 8.43. The van der Waals surface area contributed by atoms with E-state index in [0.29, 0.717) is 24.5 Å². The summed E-state index contributed by atoms with van der Waals surface area (Å²) in [7, 11) is 0. The Kier molecular flexibility index (Phi) is 5.75. The average molecular weight is 399 g/mol. The smallest absolute Gasteiger partial charge is 0.224 e. The summed E-state index contributed by atoms with van der Waals surface area (Å²) in [6.07, 6.45) is 3.01. The van der Waals surface area contributed by atoms with Crippen molar-refractivity contribution in [1.29, 1.82) is 0 Å². The molecule has 4 N–H and O–H groups in total. The van der Waals surface area contributed by atoms with Crippen LogP contribution in [-0.2, 0) is 0 Å². The largest absolute Gasteiger partial charge is 0.396 e. The molecule has 2 aromatic heterocycles. The van der Waals surface area contributed by atoms with E-state index in [0.717, 1.165) is 41.2 Å². The molecule has 1 aliphatic rings. The molecule has 0 spiro atoms. The zero-order valence-electron chi connectivity index (χ0n) is 16.0. The lowest BCUT2D eigenvalue weighted by Gasteiger charge is -2.18. The SMILES string of the molecule is Cc1nc(NCCO)nc(NC2CCC(CO)C2)c1-c1cc2ccccc2s1. The minimum atomic E-state index is 0.0318. The summed E-state index contributed by atoms with van der Waals surface area (Å²) in [4.78, 5) is 10.5. The van der Waals surface area contributed by atoms with Crippen LogP contribution in [-0.4, -0.2) is 46.0 Å². The molecule has 1 fully saturated rings. The minimum Gasteiger partial charge on any atom is -0.396 e. The standard InChI is InChI=1S/C21H26N4O2S/c1-13-19(18-11-15-4-2-3-5-17(15)28-18)20(25-21(23-13)22-8-9-26)24-16-7-6-14(10-16)12-27/h2-5,11,14,16,26-27H,6-10,12H2,1H3,(H2,22,23,24,25). The lowest BCUT2D eigenvalue weighted by atomic mass is 10.1. The number of hydrogen-bond acceptors (Lipinski definition) is 7. The van der Waals surface area contributed by atoms with Crippen LogP contribution < -0.4 is 10.6 Å². The number of benzene rings is 1. The minimum absolute atomic E-state index is 0.0318. The topological polar surface area (TPSA) is 90.3 Å². The number of fused-ring (bicyclic) bond motifs is 1. The molecule has 2 heterocycles. The van der Waals surface area contributed by atoms with Crippen LogP contribution in [0.15, 0.2) is 30.3 Å². The Balaban J connectivity index is 1.72. The molecule has 2 atom stereocenters. The molecule has 6 nitrogen and oxygen atoms in total. The van der Waals surface area contributed by atoms with Crippen LogP contribution in [0.1, 0.15) is 25.0 Å². The van der Waals surface area contributed by atoms with Crippen LogP contribution in [0.2, 0.25) is 0 Å². The molecular weight excluding hydrogens is 372 g/mol. The van der Waals surface area contributed by atoms with Crippen molar-refractivity contribution in [3.05, 3.63) is 36.0 Å². The molecule has 1 aliphatic carbocycles. The average Bonchev–Trinajstić information content (AvgIpc) is 3.32. The zero-order valence-corrected chi connectivity index (χ0v) is 16.8. The van der Waals surface area contributed by atoms with E-state index in [1.165, 1.54) is 10.1 Å². The van der Waals surface area contributed by atoms with Gasteiger partial charge in [0.1, 0.15) is 5.82 Å². The van der Waals surface area contributed by atoms with Crippen molar-refractivity contribution in [3.63, 3.8) is 0 Å². The number of nitrogens with zero attached hydrogens (tertiary/aromatic N) is 2. The summed E-state index contributed by atoms with van der Waals surface area (Å²) in [6.45, 7) is 2.69. The zero-order chi connectivity index (χ0) is 19.5. The molecule has 0 bridgehead atoms. The molecule has 1 saturated carbocycles. The monoisotopic (exact) mass is 398 g/mol. The predicted octanol–water partition coefficient (Wildman–Crippen LogP) is 3.64. The summed E-state index contributed by atoms with van der Waals surface area (Å²) in [6, 6.07) is 10.9. The second-order valence-electron chi connectivity index (χ2n) is 7.36. The molecular formula is C21H26N4O2S. The van der Waals surface area contributed by atoms with E-state index in [4.69, 9.17) is 10.1 Å². The van der Waals surface area contributed by atoms with E-state index in [2.05, 4.69) is 45.9 Å². The molecule has 0 amide bonds. The van der Waals surface area contributed by atoms with Crippen LogP contribution in [0.4, 0.5) is 11.8 Å². The number of thiophene rings is 1. The van der Waals surface area contributed by atoms with Crippen LogP contribution >= 0.6 is 11.3 Å². The molecule has 0 saturated heterocycles. The highest BCUT2D eigenvalue weighted by atomic mass is 32.1. The van der Waals surface area contributed by atoms with Crippen molar-refractivity contribution in [2.75, 3.05) is 30.4 Å². The van der Waals surface area contributed by atoms with Crippen molar-refractivity contribution in [3.8, 4) is 10.4 Å². The highest BCUT2D eigenvalue weighted by Crippen LogP contribution is 2.39. The van der Waals surface area contributed by atoms with Crippen LogP contribution in [0.5, 0.6) is 0 Å². The first kappa shape index (κ1) is 19.1. The molecule has 148 valence electrons. The maximum Gasteiger partial charge on any atom is 0.224 e. The Morgan fingerprint density at radius 1 is 1.18 bits per heavy atom. The van der Waals surface area contributed by atoms with Gasteiger partial charge in [0.25, 0.3) is 0 Å². The van der Waals surface area contributed by atoms with Gasteiger partial charge in [-0.1, -0.05) is 18.2 Å². The van der Waals surface area contributed by atoms with Gasteiger partial charge in [0, 0.05) is 28.8 Å². The first-order chi connectivity index (χ1) is 13.7. The Labute approximate surface area is 168 Å². The molecule has 0 aliphatic heterocycles. The fourth-order valence-electron chi connectivity index (χ4n) is 3.89. The highest BCUT2D eigenvalue weighted by Gasteiger charge is 2.26. The van der Waals surface area contributed by atoms with Gasteiger partial charge in [-0.2, -0.15) is 4.98 Å². The number of anilines is 2. The van der Waals surface area contributed by atoms with Crippen molar-refractivity contribution < 1.29 is 10.2 Å². The van der Waals surface area contributed by atoms with Gasteiger partial charge < -0.3 is 20.8 Å². The van der Waals surface area contributed by atoms with E-state index in [-0.39, 0.29) is 13.2 Å². The van der Waals surface area contributed by atoms with Crippen molar-refractivity contribution >= 4 is 33.2 Å². The van der Waals surface area contributed by atoms with Gasteiger partial charge in [-0.25, -0.2) is 4.98 Å². The molecule has 1 aromatic carbocycles. The number of nitrogens with one attached hydrogen (secondary N) is 2. The number of hydrogen-bond donors (Lipinski definition) is 4. The number of aromatic nitrogens is 2. The van der Waals surface area contributed by atoms with Gasteiger partial charge in [-0.3, -0.25) is 0 Å². The van der Waals surface area contributed by atoms with E-state index < -0.39 is 0 Å². The molecule has 28 heavy (non-hydrogen) atoms. The Hall–Kier alpha value is -2.22. The third-order valence-electron chi connectivity index (χ3n) is 5.30. The molecule has 2 unspecified atom stereocenters. The van der Waals surface area contributed by atoms with Gasteiger partial charge in [0.05, 0.1) is 17.9 Å². The maximum atomic E-state index is 9.46. The second-order valence-corrected chi connectivity index (χ2v) is 8.44. The van der Waals surface area contributed by atoms with E-state index in [1.807, 2.05) is 6.92 Å². The van der Waals surface area contributed by atoms with Crippen molar-refractivity contribution in [2.24, 2.45) is 5.92 Å². The number of aliphatic hydroxyl groups excluding tert-OH is 2. The van der Waals surface area contributed by atoms with E-state index >= 15 is 0 Å². The lowest BCUT2D eigenvalue weighted by Crippen LogP contribution is -2.19. The molecule has 3 aromatic rings. The summed E-state index contributed by atoms with van der Waals surface area (Å²) in [5.74, 6) is 1.71.